The van der Waals surface area contributed by atoms with Gasteiger partial charge in [0.05, 0.1) is 13.0 Å². The number of para-hydroxylation sites is 1. The highest BCUT2D eigenvalue weighted by molar-refractivity contribution is 5.69. The lowest BCUT2D eigenvalue weighted by molar-refractivity contribution is -0.141. The summed E-state index contributed by atoms with van der Waals surface area (Å²) in [6.45, 7) is 2.15. The Labute approximate surface area is 122 Å². The standard InChI is InChI=1S/C14H18N4O3/c1-10(14(19)20)7-8-18-13(15-16-17-18)9-11-5-3-4-6-12(11)21-2/h3-6,10H,7-9H2,1-2H3,(H,19,20). The van der Waals surface area contributed by atoms with E-state index in [2.05, 4.69) is 15.5 Å². The third-order valence-electron chi connectivity index (χ3n) is 3.34. The first-order valence-corrected chi connectivity index (χ1v) is 6.71. The van der Waals surface area contributed by atoms with E-state index in [0.717, 1.165) is 11.3 Å². The molecule has 0 radical (unpaired) electrons. The van der Waals surface area contributed by atoms with Crippen molar-refractivity contribution in [3.63, 3.8) is 0 Å². The molecule has 0 fully saturated rings. The van der Waals surface area contributed by atoms with Crippen molar-refractivity contribution in [2.45, 2.75) is 26.3 Å². The molecular weight excluding hydrogens is 272 g/mol. The summed E-state index contributed by atoms with van der Waals surface area (Å²) in [7, 11) is 1.62. The van der Waals surface area contributed by atoms with Crippen molar-refractivity contribution >= 4 is 5.97 Å². The maximum atomic E-state index is 10.8. The second-order valence-electron chi connectivity index (χ2n) is 4.83. The fourth-order valence-electron chi connectivity index (χ4n) is 1.98. The summed E-state index contributed by atoms with van der Waals surface area (Å²) in [4.78, 5) is 10.8. The molecule has 2 aromatic rings. The van der Waals surface area contributed by atoms with Crippen LogP contribution in [0.2, 0.25) is 0 Å². The van der Waals surface area contributed by atoms with Crippen LogP contribution in [-0.4, -0.2) is 38.4 Å². The van der Waals surface area contributed by atoms with E-state index in [1.165, 1.54) is 0 Å². The van der Waals surface area contributed by atoms with E-state index >= 15 is 0 Å². The van der Waals surface area contributed by atoms with Crippen LogP contribution in [0.5, 0.6) is 5.75 Å². The average molecular weight is 290 g/mol. The van der Waals surface area contributed by atoms with Crippen LogP contribution >= 0.6 is 0 Å². The van der Waals surface area contributed by atoms with Crippen molar-refractivity contribution in [1.82, 2.24) is 20.2 Å². The molecule has 112 valence electrons. The van der Waals surface area contributed by atoms with E-state index in [1.54, 1.807) is 18.7 Å². The van der Waals surface area contributed by atoms with Crippen molar-refractivity contribution in [1.29, 1.82) is 0 Å². The van der Waals surface area contributed by atoms with Crippen LogP contribution in [0, 0.1) is 5.92 Å². The lowest BCUT2D eigenvalue weighted by atomic mass is 10.1. The monoisotopic (exact) mass is 290 g/mol. The molecule has 0 aliphatic carbocycles. The predicted octanol–water partition coefficient (Wildman–Crippen LogP) is 1.38. The summed E-state index contributed by atoms with van der Waals surface area (Å²) < 4.78 is 6.95. The van der Waals surface area contributed by atoms with Gasteiger partial charge in [-0.05, 0) is 22.9 Å². The molecule has 1 N–H and O–H groups in total. The molecule has 0 aliphatic rings. The molecule has 0 bridgehead atoms. The van der Waals surface area contributed by atoms with Gasteiger partial charge in [0.25, 0.3) is 0 Å². The number of ether oxygens (including phenoxy) is 1. The summed E-state index contributed by atoms with van der Waals surface area (Å²) in [6, 6.07) is 7.67. The minimum Gasteiger partial charge on any atom is -0.496 e. The van der Waals surface area contributed by atoms with Crippen LogP contribution in [-0.2, 0) is 17.8 Å². The van der Waals surface area contributed by atoms with Gasteiger partial charge in [-0.3, -0.25) is 4.79 Å². The quantitative estimate of drug-likeness (QED) is 0.828. The Hall–Kier alpha value is -2.44. The van der Waals surface area contributed by atoms with Crippen molar-refractivity contribution in [2.75, 3.05) is 7.11 Å². The lowest BCUT2D eigenvalue weighted by Crippen LogP contribution is -2.15. The number of hydrogen-bond acceptors (Lipinski definition) is 5. The molecular formula is C14H18N4O3. The van der Waals surface area contributed by atoms with Crippen LogP contribution in [0.1, 0.15) is 24.7 Å². The molecule has 0 spiro atoms. The molecule has 2 rings (SSSR count). The molecule has 7 nitrogen and oxygen atoms in total. The van der Waals surface area contributed by atoms with Crippen LogP contribution < -0.4 is 4.74 Å². The highest BCUT2D eigenvalue weighted by Gasteiger charge is 2.14. The maximum Gasteiger partial charge on any atom is 0.306 e. The Kier molecular flexibility index (Phi) is 4.86. The normalized spacial score (nSPS) is 12.1. The Morgan fingerprint density at radius 1 is 1.43 bits per heavy atom. The van der Waals surface area contributed by atoms with Crippen LogP contribution in [0.15, 0.2) is 24.3 Å². The van der Waals surface area contributed by atoms with Crippen LogP contribution in [0.25, 0.3) is 0 Å². The van der Waals surface area contributed by atoms with E-state index in [9.17, 15) is 4.79 Å². The van der Waals surface area contributed by atoms with E-state index in [-0.39, 0.29) is 0 Å². The van der Waals surface area contributed by atoms with Gasteiger partial charge in [-0.2, -0.15) is 0 Å². The van der Waals surface area contributed by atoms with E-state index < -0.39 is 11.9 Å². The fourth-order valence-corrected chi connectivity index (χ4v) is 1.98. The number of aliphatic carboxylic acids is 1. The number of hydrogen-bond donors (Lipinski definition) is 1. The minimum absolute atomic E-state index is 0.423. The number of methoxy groups -OCH3 is 1. The summed E-state index contributed by atoms with van der Waals surface area (Å²) in [6.07, 6.45) is 1.03. The first-order valence-electron chi connectivity index (χ1n) is 6.71. The number of rotatable bonds is 7. The summed E-state index contributed by atoms with van der Waals surface area (Å²) in [5.41, 5.74) is 0.988. The summed E-state index contributed by atoms with van der Waals surface area (Å²) >= 11 is 0. The molecule has 0 saturated heterocycles. The van der Waals surface area contributed by atoms with Gasteiger partial charge in [0.1, 0.15) is 5.75 Å². The van der Waals surface area contributed by atoms with Gasteiger partial charge in [-0.1, -0.05) is 25.1 Å². The molecule has 21 heavy (non-hydrogen) atoms. The average Bonchev–Trinajstić information content (AvgIpc) is 2.92. The van der Waals surface area contributed by atoms with Crippen LogP contribution in [0.4, 0.5) is 0 Å². The van der Waals surface area contributed by atoms with Gasteiger partial charge in [0.2, 0.25) is 0 Å². The third kappa shape index (κ3) is 3.77. The third-order valence-corrected chi connectivity index (χ3v) is 3.34. The van der Waals surface area contributed by atoms with Gasteiger partial charge in [0.15, 0.2) is 5.82 Å². The van der Waals surface area contributed by atoms with Gasteiger partial charge >= 0.3 is 5.97 Å². The number of carboxylic acids is 1. The van der Waals surface area contributed by atoms with Crippen molar-refractivity contribution in [3.05, 3.63) is 35.7 Å². The lowest BCUT2D eigenvalue weighted by Gasteiger charge is -2.09. The highest BCUT2D eigenvalue weighted by Crippen LogP contribution is 2.20. The Bertz CT molecular complexity index is 612. The number of aromatic nitrogens is 4. The Morgan fingerprint density at radius 3 is 2.90 bits per heavy atom. The second-order valence-corrected chi connectivity index (χ2v) is 4.83. The van der Waals surface area contributed by atoms with Crippen LogP contribution in [0.3, 0.4) is 0 Å². The molecule has 0 aliphatic heterocycles. The number of carbonyl (C=O) groups is 1. The molecule has 1 atom stereocenters. The molecule has 1 aromatic heterocycles. The number of nitrogens with zero attached hydrogens (tertiary/aromatic N) is 4. The highest BCUT2D eigenvalue weighted by atomic mass is 16.5. The second kappa shape index (κ2) is 6.83. The molecule has 1 unspecified atom stereocenters. The van der Waals surface area contributed by atoms with Crippen molar-refractivity contribution < 1.29 is 14.6 Å². The van der Waals surface area contributed by atoms with Crippen molar-refractivity contribution in [3.8, 4) is 5.75 Å². The van der Waals surface area contributed by atoms with Gasteiger partial charge in [-0.25, -0.2) is 4.68 Å². The summed E-state index contributed by atoms with van der Waals surface area (Å²) in [5.74, 6) is 0.241. The number of tetrazole rings is 1. The Morgan fingerprint density at radius 2 is 2.19 bits per heavy atom. The molecule has 1 aromatic carbocycles. The molecule has 1 heterocycles. The zero-order valence-electron chi connectivity index (χ0n) is 12.1. The molecule has 7 heteroatoms. The van der Waals surface area contributed by atoms with Gasteiger partial charge in [-0.15, -0.1) is 5.10 Å². The first-order chi connectivity index (χ1) is 10.1. The number of benzene rings is 1. The van der Waals surface area contributed by atoms with Gasteiger partial charge in [0, 0.05) is 18.5 Å². The Balaban J connectivity index is 2.08. The predicted molar refractivity (Wildman–Crippen MR) is 75.0 cm³/mol. The van der Waals surface area contributed by atoms with Gasteiger partial charge < -0.3 is 9.84 Å². The topological polar surface area (TPSA) is 90.1 Å². The SMILES string of the molecule is COc1ccccc1Cc1nnnn1CCC(C)C(=O)O. The molecule has 0 saturated carbocycles. The largest absolute Gasteiger partial charge is 0.496 e. The summed E-state index contributed by atoms with van der Waals surface area (Å²) in [5, 5.41) is 20.5. The maximum absolute atomic E-state index is 10.8. The van der Waals surface area contributed by atoms with E-state index in [0.29, 0.717) is 25.2 Å². The number of carboxylic acid groups (broad SMARTS) is 1. The van der Waals surface area contributed by atoms with E-state index in [1.807, 2.05) is 24.3 Å². The molecule has 0 amide bonds. The number of aryl methyl sites for hydroxylation is 1. The van der Waals surface area contributed by atoms with E-state index in [4.69, 9.17) is 9.84 Å². The van der Waals surface area contributed by atoms with Crippen molar-refractivity contribution in [2.24, 2.45) is 5.92 Å². The first kappa shape index (κ1) is 15.0. The smallest absolute Gasteiger partial charge is 0.306 e. The zero-order chi connectivity index (χ0) is 15.2. The zero-order valence-corrected chi connectivity index (χ0v) is 12.1. The fraction of sp³-hybridized carbons (Fsp3) is 0.429. The minimum atomic E-state index is -0.811.